The van der Waals surface area contributed by atoms with Crippen LogP contribution in [0.4, 0.5) is 10.8 Å². The zero-order valence-corrected chi connectivity index (χ0v) is 14.4. The van der Waals surface area contributed by atoms with Crippen molar-refractivity contribution in [2.75, 3.05) is 29.6 Å². The van der Waals surface area contributed by atoms with Gasteiger partial charge >= 0.3 is 0 Å². The molecule has 0 bridgehead atoms. The van der Waals surface area contributed by atoms with Crippen LogP contribution in [0.25, 0.3) is 0 Å². The Balaban J connectivity index is 1.29. The second kappa shape index (κ2) is 6.86. The summed E-state index contributed by atoms with van der Waals surface area (Å²) in [5, 5.41) is 15.1. The molecule has 1 aliphatic heterocycles. The van der Waals surface area contributed by atoms with E-state index in [-0.39, 0.29) is 11.7 Å². The zero-order chi connectivity index (χ0) is 16.4. The molecule has 2 aromatic rings. The van der Waals surface area contributed by atoms with E-state index in [1.807, 2.05) is 0 Å². The lowest BCUT2D eigenvalue weighted by Crippen LogP contribution is -2.17. The molecule has 24 heavy (non-hydrogen) atoms. The first-order valence-corrected chi connectivity index (χ1v) is 9.49. The third-order valence-corrected chi connectivity index (χ3v) is 5.45. The molecule has 7 nitrogen and oxygen atoms in total. The number of carbonyl (C=O) groups is 1. The highest BCUT2D eigenvalue weighted by Crippen LogP contribution is 2.33. The molecule has 1 aliphatic carbocycles. The highest BCUT2D eigenvalue weighted by Gasteiger charge is 2.22. The quantitative estimate of drug-likeness (QED) is 0.762. The summed E-state index contributed by atoms with van der Waals surface area (Å²) in [4.78, 5) is 12.1. The van der Waals surface area contributed by atoms with E-state index in [1.165, 1.54) is 35.9 Å². The van der Waals surface area contributed by atoms with Crippen molar-refractivity contribution in [3.63, 3.8) is 0 Å². The van der Waals surface area contributed by atoms with E-state index >= 15 is 0 Å². The van der Waals surface area contributed by atoms with Gasteiger partial charge < -0.3 is 20.1 Å². The summed E-state index contributed by atoms with van der Waals surface area (Å²) < 4.78 is 11.8. The fourth-order valence-corrected chi connectivity index (χ4v) is 3.80. The van der Waals surface area contributed by atoms with Crippen molar-refractivity contribution in [2.24, 2.45) is 0 Å². The van der Waals surface area contributed by atoms with Gasteiger partial charge in [-0.15, -0.1) is 10.2 Å². The van der Waals surface area contributed by atoms with Crippen LogP contribution in [0.1, 0.15) is 12.8 Å². The van der Waals surface area contributed by atoms with Gasteiger partial charge in [0.2, 0.25) is 11.0 Å². The molecule has 2 N–H and O–H groups in total. The number of aromatic nitrogens is 2. The molecular weight excluding hydrogens is 348 g/mol. The normalized spacial score (nSPS) is 15.8. The number of nitrogens with zero attached hydrogens (tertiary/aromatic N) is 2. The molecule has 1 aromatic carbocycles. The van der Waals surface area contributed by atoms with E-state index in [0.29, 0.717) is 36.4 Å². The summed E-state index contributed by atoms with van der Waals surface area (Å²) in [7, 11) is 0. The lowest BCUT2D eigenvalue weighted by Gasteiger charge is -2.18. The summed E-state index contributed by atoms with van der Waals surface area (Å²) in [6, 6.07) is 5.94. The van der Waals surface area contributed by atoms with Crippen LogP contribution < -0.4 is 20.1 Å². The molecule has 0 atom stereocenters. The lowest BCUT2D eigenvalue weighted by molar-refractivity contribution is -0.113. The molecule has 2 heterocycles. The van der Waals surface area contributed by atoms with Gasteiger partial charge in [-0.2, -0.15) is 0 Å². The minimum Gasteiger partial charge on any atom is -0.486 e. The molecule has 0 saturated heterocycles. The predicted octanol–water partition coefficient (Wildman–Crippen LogP) is 2.61. The highest BCUT2D eigenvalue weighted by atomic mass is 32.2. The van der Waals surface area contributed by atoms with Crippen molar-refractivity contribution < 1.29 is 14.3 Å². The first-order valence-electron chi connectivity index (χ1n) is 7.68. The second-order valence-electron chi connectivity index (χ2n) is 5.49. The summed E-state index contributed by atoms with van der Waals surface area (Å²) in [6.45, 7) is 1.07. The Morgan fingerprint density at radius 3 is 2.92 bits per heavy atom. The average Bonchev–Trinajstić information content (AvgIpc) is 3.29. The van der Waals surface area contributed by atoms with Gasteiger partial charge in [-0.1, -0.05) is 23.1 Å². The summed E-state index contributed by atoms with van der Waals surface area (Å²) in [5.41, 5.74) is 0.693. The number of carbonyl (C=O) groups excluding carboxylic acids is 1. The third-order valence-electron chi connectivity index (χ3n) is 3.46. The van der Waals surface area contributed by atoms with Crippen molar-refractivity contribution in [1.29, 1.82) is 0 Å². The number of benzene rings is 1. The Bertz CT molecular complexity index is 748. The number of fused-ring (bicyclic) bond motifs is 1. The maximum absolute atomic E-state index is 12.1. The summed E-state index contributed by atoms with van der Waals surface area (Å²) >= 11 is 2.86. The van der Waals surface area contributed by atoms with Crippen LogP contribution in [0.5, 0.6) is 11.5 Å². The van der Waals surface area contributed by atoms with E-state index in [1.54, 1.807) is 18.2 Å². The van der Waals surface area contributed by atoms with Gasteiger partial charge in [0.25, 0.3) is 0 Å². The number of amides is 1. The maximum Gasteiger partial charge on any atom is 0.234 e. The Morgan fingerprint density at radius 1 is 1.25 bits per heavy atom. The fourth-order valence-electron chi connectivity index (χ4n) is 2.17. The van der Waals surface area contributed by atoms with Crippen molar-refractivity contribution in [3.05, 3.63) is 18.2 Å². The fraction of sp³-hybridized carbons (Fsp3) is 0.400. The number of nitrogens with one attached hydrogen (secondary N) is 2. The van der Waals surface area contributed by atoms with Crippen molar-refractivity contribution >= 4 is 39.8 Å². The molecule has 0 spiro atoms. The molecule has 4 rings (SSSR count). The van der Waals surface area contributed by atoms with Crippen molar-refractivity contribution in [1.82, 2.24) is 10.2 Å². The zero-order valence-electron chi connectivity index (χ0n) is 12.8. The molecule has 126 valence electrons. The van der Waals surface area contributed by atoms with Crippen molar-refractivity contribution in [3.8, 4) is 11.5 Å². The van der Waals surface area contributed by atoms with Gasteiger partial charge in [-0.3, -0.25) is 4.79 Å². The first-order chi connectivity index (χ1) is 11.8. The van der Waals surface area contributed by atoms with Crippen LogP contribution >= 0.6 is 23.1 Å². The van der Waals surface area contributed by atoms with Crippen LogP contribution in [0.2, 0.25) is 0 Å². The molecule has 0 unspecified atom stereocenters. The number of ether oxygens (including phenoxy) is 2. The van der Waals surface area contributed by atoms with Gasteiger partial charge in [-0.05, 0) is 25.0 Å². The molecule has 1 fully saturated rings. The smallest absolute Gasteiger partial charge is 0.234 e. The van der Waals surface area contributed by atoms with Gasteiger partial charge in [0.1, 0.15) is 13.2 Å². The van der Waals surface area contributed by atoms with Crippen molar-refractivity contribution in [2.45, 2.75) is 23.2 Å². The number of anilines is 2. The topological polar surface area (TPSA) is 85.4 Å². The Hall–Kier alpha value is -2.00. The van der Waals surface area contributed by atoms with Crippen LogP contribution in [0.15, 0.2) is 22.5 Å². The maximum atomic E-state index is 12.1. The Kier molecular flexibility index (Phi) is 4.44. The van der Waals surface area contributed by atoms with Crippen LogP contribution in [-0.4, -0.2) is 41.1 Å². The monoisotopic (exact) mass is 364 g/mol. The predicted molar refractivity (Wildman–Crippen MR) is 93.3 cm³/mol. The first kappa shape index (κ1) is 15.5. The molecule has 0 radical (unpaired) electrons. The molecule has 1 aromatic heterocycles. The molecular formula is C15H16N4O3S2. The van der Waals surface area contributed by atoms with E-state index in [9.17, 15) is 4.79 Å². The van der Waals surface area contributed by atoms with Gasteiger partial charge in [0, 0.05) is 17.8 Å². The van der Waals surface area contributed by atoms with E-state index in [0.717, 1.165) is 9.47 Å². The van der Waals surface area contributed by atoms with Gasteiger partial charge in [0.05, 0.1) is 5.75 Å². The molecule has 9 heteroatoms. The van der Waals surface area contributed by atoms with Crippen LogP contribution in [0.3, 0.4) is 0 Å². The molecule has 2 aliphatic rings. The number of rotatable bonds is 6. The standard InChI is InChI=1S/C15H16N4O3S2/c20-13(8-23-15-19-18-14(24-15)17-9-1-2-9)16-10-3-4-11-12(7-10)22-6-5-21-11/h3-4,7,9H,1-2,5-6,8H2,(H,16,20)(H,17,18). The molecule has 1 saturated carbocycles. The Morgan fingerprint density at radius 2 is 2.08 bits per heavy atom. The Labute approximate surface area is 147 Å². The number of thioether (sulfide) groups is 1. The largest absolute Gasteiger partial charge is 0.486 e. The number of hydrogen-bond acceptors (Lipinski definition) is 8. The van der Waals surface area contributed by atoms with E-state index in [4.69, 9.17) is 9.47 Å². The van der Waals surface area contributed by atoms with Crippen LogP contribution in [-0.2, 0) is 4.79 Å². The minimum absolute atomic E-state index is 0.0939. The number of hydrogen-bond donors (Lipinski definition) is 2. The average molecular weight is 364 g/mol. The van der Waals surface area contributed by atoms with E-state index < -0.39 is 0 Å². The SMILES string of the molecule is O=C(CSc1nnc(NC2CC2)s1)Nc1ccc2c(c1)OCCO2. The second-order valence-corrected chi connectivity index (χ2v) is 7.69. The summed E-state index contributed by atoms with van der Waals surface area (Å²) in [6.07, 6.45) is 2.39. The van der Waals surface area contributed by atoms with Gasteiger partial charge in [-0.25, -0.2) is 0 Å². The highest BCUT2D eigenvalue weighted by molar-refractivity contribution is 8.01. The lowest BCUT2D eigenvalue weighted by atomic mass is 10.2. The third kappa shape index (κ3) is 3.90. The van der Waals surface area contributed by atoms with Gasteiger partial charge in [0.15, 0.2) is 15.8 Å². The molecule has 1 amide bonds. The van der Waals surface area contributed by atoms with Crippen LogP contribution in [0, 0.1) is 0 Å². The summed E-state index contributed by atoms with van der Waals surface area (Å²) in [5.74, 6) is 1.56. The minimum atomic E-state index is -0.0939. The van der Waals surface area contributed by atoms with E-state index in [2.05, 4.69) is 20.8 Å².